The van der Waals surface area contributed by atoms with E-state index < -0.39 is 15.8 Å². The van der Waals surface area contributed by atoms with Crippen LogP contribution in [0.1, 0.15) is 31.2 Å². The zero-order valence-corrected chi connectivity index (χ0v) is 18.4. The summed E-state index contributed by atoms with van der Waals surface area (Å²) in [5.74, 6) is -0.440. The fourth-order valence-electron chi connectivity index (χ4n) is 4.89. The zero-order valence-electron chi connectivity index (χ0n) is 17.5. The van der Waals surface area contributed by atoms with Crippen molar-refractivity contribution in [1.82, 2.24) is 14.6 Å². The summed E-state index contributed by atoms with van der Waals surface area (Å²) in [6, 6.07) is 14.3. The zero-order chi connectivity index (χ0) is 22.3. The van der Waals surface area contributed by atoms with E-state index in [2.05, 4.69) is 21.8 Å². The van der Waals surface area contributed by atoms with E-state index in [9.17, 15) is 18.0 Å². The lowest BCUT2D eigenvalue weighted by molar-refractivity contribution is -0.151. The second-order valence-corrected chi connectivity index (χ2v) is 10.7. The number of carbonyl (C=O) groups excluding carboxylic acids is 1. The molecule has 1 saturated carbocycles. The topological polar surface area (TPSA) is 112 Å². The number of fused-ring (bicyclic) bond motifs is 1. The third-order valence-corrected chi connectivity index (χ3v) is 8.01. The summed E-state index contributed by atoms with van der Waals surface area (Å²) in [5, 5.41) is 0. The largest absolute Gasteiger partial charge is 0.417 e. The first-order chi connectivity index (χ1) is 15.3. The number of benzene rings is 2. The fraction of sp³-hybridized carbons (Fsp3) is 0.391. The minimum Gasteiger partial charge on any atom is -0.408 e. The Morgan fingerprint density at radius 3 is 2.66 bits per heavy atom. The van der Waals surface area contributed by atoms with E-state index in [0.29, 0.717) is 25.0 Å². The number of oxazole rings is 1. The minimum atomic E-state index is -3.71. The van der Waals surface area contributed by atoms with Gasteiger partial charge in [-0.15, -0.1) is 0 Å². The van der Waals surface area contributed by atoms with Gasteiger partial charge in [-0.1, -0.05) is 30.3 Å². The van der Waals surface area contributed by atoms with Gasteiger partial charge < -0.3 is 9.32 Å². The van der Waals surface area contributed by atoms with Gasteiger partial charge in [-0.3, -0.25) is 9.78 Å². The summed E-state index contributed by atoms with van der Waals surface area (Å²) in [4.78, 5) is 28.1. The normalized spacial score (nSPS) is 17.9. The minimum absolute atomic E-state index is 0.0413. The Kier molecular flexibility index (Phi) is 5.17. The predicted molar refractivity (Wildman–Crippen MR) is 119 cm³/mol. The van der Waals surface area contributed by atoms with Crippen molar-refractivity contribution in [2.24, 2.45) is 5.41 Å². The molecule has 1 aliphatic heterocycles. The smallest absolute Gasteiger partial charge is 0.408 e. The van der Waals surface area contributed by atoms with E-state index in [-0.39, 0.29) is 27.8 Å². The van der Waals surface area contributed by atoms with Crippen molar-refractivity contribution in [3.63, 3.8) is 0 Å². The number of nitrogens with zero attached hydrogens (tertiary/aromatic N) is 1. The summed E-state index contributed by atoms with van der Waals surface area (Å²) in [6.45, 7) is 1.41. The molecule has 2 N–H and O–H groups in total. The Hall–Kier alpha value is -2.91. The van der Waals surface area contributed by atoms with Crippen molar-refractivity contribution in [2.45, 2.75) is 43.0 Å². The summed E-state index contributed by atoms with van der Waals surface area (Å²) in [6.07, 6.45) is 3.72. The molecule has 1 aliphatic carbocycles. The van der Waals surface area contributed by atoms with Gasteiger partial charge in [-0.2, -0.15) is 0 Å². The fourth-order valence-corrected chi connectivity index (χ4v) is 6.14. The van der Waals surface area contributed by atoms with Gasteiger partial charge in [0.15, 0.2) is 5.58 Å². The number of carbonyl (C=O) groups is 1. The van der Waals surface area contributed by atoms with Crippen LogP contribution in [0.5, 0.6) is 0 Å². The molecule has 0 unspecified atom stereocenters. The summed E-state index contributed by atoms with van der Waals surface area (Å²) < 4.78 is 33.1. The van der Waals surface area contributed by atoms with Gasteiger partial charge in [-0.05, 0) is 43.4 Å². The maximum absolute atomic E-state index is 12.7. The highest BCUT2D eigenvalue weighted by molar-refractivity contribution is 7.89. The molecule has 0 bridgehead atoms. The Morgan fingerprint density at radius 2 is 1.91 bits per heavy atom. The molecule has 2 aliphatic rings. The van der Waals surface area contributed by atoms with Gasteiger partial charge in [0.2, 0.25) is 15.9 Å². The SMILES string of the molecule is O=C(CCCc1ccccc1)N1CC2(CC(NS(=O)(=O)c3ccc4[nH]c(=O)oc4c3)C2)C1. The molecule has 1 saturated heterocycles. The highest BCUT2D eigenvalue weighted by atomic mass is 32.2. The Bertz CT molecular complexity index is 1300. The molecule has 8 nitrogen and oxygen atoms in total. The molecule has 1 spiro atoms. The van der Waals surface area contributed by atoms with Crippen LogP contribution >= 0.6 is 0 Å². The average molecular weight is 456 g/mol. The molecule has 2 fully saturated rings. The summed E-state index contributed by atoms with van der Waals surface area (Å²) >= 11 is 0. The van der Waals surface area contributed by atoms with Crippen molar-refractivity contribution in [3.05, 3.63) is 64.6 Å². The van der Waals surface area contributed by atoms with Crippen molar-refractivity contribution >= 4 is 27.0 Å². The van der Waals surface area contributed by atoms with Crippen LogP contribution in [0.4, 0.5) is 0 Å². The van der Waals surface area contributed by atoms with Crippen LogP contribution in [0.25, 0.3) is 11.1 Å². The second kappa shape index (κ2) is 7.90. The number of aromatic amines is 1. The Labute approximate surface area is 185 Å². The van der Waals surface area contributed by atoms with E-state index in [0.717, 1.165) is 25.7 Å². The molecule has 0 atom stereocenters. The van der Waals surface area contributed by atoms with Crippen LogP contribution in [-0.2, 0) is 21.2 Å². The number of H-pyrrole nitrogens is 1. The third-order valence-electron chi connectivity index (χ3n) is 6.49. The number of sulfonamides is 1. The van der Waals surface area contributed by atoms with E-state index in [1.54, 1.807) is 0 Å². The summed E-state index contributed by atoms with van der Waals surface area (Å²) in [5.41, 5.74) is 1.95. The van der Waals surface area contributed by atoms with E-state index in [1.165, 1.54) is 23.8 Å². The molecular formula is C23H25N3O5S. The Balaban J connectivity index is 1.09. The van der Waals surface area contributed by atoms with Crippen LogP contribution < -0.4 is 10.5 Å². The van der Waals surface area contributed by atoms with E-state index >= 15 is 0 Å². The molecule has 2 aromatic carbocycles. The van der Waals surface area contributed by atoms with Crippen molar-refractivity contribution in [1.29, 1.82) is 0 Å². The van der Waals surface area contributed by atoms with Gasteiger partial charge in [0, 0.05) is 37.0 Å². The maximum Gasteiger partial charge on any atom is 0.417 e. The average Bonchev–Trinajstić information content (AvgIpc) is 3.08. The van der Waals surface area contributed by atoms with Gasteiger partial charge >= 0.3 is 5.76 Å². The van der Waals surface area contributed by atoms with Crippen molar-refractivity contribution in [2.75, 3.05) is 13.1 Å². The lowest BCUT2D eigenvalue weighted by atomic mass is 9.61. The molecule has 1 aromatic heterocycles. The van der Waals surface area contributed by atoms with E-state index in [4.69, 9.17) is 4.42 Å². The number of hydrogen-bond acceptors (Lipinski definition) is 5. The Morgan fingerprint density at radius 1 is 1.16 bits per heavy atom. The number of amides is 1. The van der Waals surface area contributed by atoms with E-state index in [1.807, 2.05) is 23.1 Å². The number of nitrogens with one attached hydrogen (secondary N) is 2. The highest BCUT2D eigenvalue weighted by Crippen LogP contribution is 2.48. The lowest BCUT2D eigenvalue weighted by Crippen LogP contribution is -2.67. The van der Waals surface area contributed by atoms with Crippen LogP contribution in [-0.4, -0.2) is 43.3 Å². The third kappa shape index (κ3) is 4.10. The quantitative estimate of drug-likeness (QED) is 0.568. The molecule has 32 heavy (non-hydrogen) atoms. The molecule has 1 amide bonds. The molecule has 168 valence electrons. The molecule has 0 radical (unpaired) electrons. The van der Waals surface area contributed by atoms with Crippen LogP contribution in [0.2, 0.25) is 0 Å². The number of rotatable bonds is 7. The van der Waals surface area contributed by atoms with Gasteiger partial charge in [0.25, 0.3) is 0 Å². The number of hydrogen-bond donors (Lipinski definition) is 2. The van der Waals surface area contributed by atoms with Crippen LogP contribution in [0.3, 0.4) is 0 Å². The molecular weight excluding hydrogens is 430 g/mol. The standard InChI is InChI=1S/C23H25N3O5S/c27-21(8-4-7-16-5-2-1-3-6-16)26-14-23(15-26)12-17(13-23)25-32(29,30)18-9-10-19-20(11-18)31-22(28)24-19/h1-3,5-6,9-11,17,25H,4,7-8,12-15H2,(H,24,28). The second-order valence-electron chi connectivity index (χ2n) is 8.99. The first-order valence-corrected chi connectivity index (χ1v) is 12.3. The van der Waals surface area contributed by atoms with Crippen molar-refractivity contribution in [3.8, 4) is 0 Å². The summed E-state index contributed by atoms with van der Waals surface area (Å²) in [7, 11) is -3.71. The predicted octanol–water partition coefficient (Wildman–Crippen LogP) is 2.41. The first-order valence-electron chi connectivity index (χ1n) is 10.8. The maximum atomic E-state index is 12.7. The molecule has 3 aromatic rings. The first kappa shape index (κ1) is 21.0. The van der Waals surface area contributed by atoms with Crippen molar-refractivity contribution < 1.29 is 17.6 Å². The number of likely N-dealkylation sites (tertiary alicyclic amines) is 1. The van der Waals surface area contributed by atoms with Crippen LogP contribution in [0, 0.1) is 5.41 Å². The monoisotopic (exact) mass is 455 g/mol. The highest BCUT2D eigenvalue weighted by Gasteiger charge is 2.54. The van der Waals surface area contributed by atoms with Gasteiger partial charge in [-0.25, -0.2) is 17.9 Å². The molecule has 9 heteroatoms. The van der Waals surface area contributed by atoms with Gasteiger partial charge in [0.1, 0.15) is 0 Å². The van der Waals surface area contributed by atoms with Gasteiger partial charge in [0.05, 0.1) is 10.4 Å². The number of aromatic nitrogens is 1. The number of aryl methyl sites for hydroxylation is 1. The molecule has 5 rings (SSSR count). The lowest BCUT2D eigenvalue weighted by Gasteiger charge is -2.59. The van der Waals surface area contributed by atoms with Crippen LogP contribution in [0.15, 0.2) is 62.6 Å². The molecule has 2 heterocycles.